The van der Waals surface area contributed by atoms with Crippen LogP contribution >= 0.6 is 11.8 Å². The number of rotatable bonds is 7. The number of amides is 1. The van der Waals surface area contributed by atoms with Gasteiger partial charge in [0, 0.05) is 29.4 Å². The van der Waals surface area contributed by atoms with Crippen molar-refractivity contribution in [1.29, 1.82) is 0 Å². The predicted octanol–water partition coefficient (Wildman–Crippen LogP) is 3.41. The van der Waals surface area contributed by atoms with Crippen LogP contribution in [0.3, 0.4) is 0 Å². The highest BCUT2D eigenvalue weighted by atomic mass is 32.2. The largest absolute Gasteiger partial charge is 0.455 e. The van der Waals surface area contributed by atoms with Crippen LogP contribution in [0.4, 0.5) is 11.4 Å². The molecule has 1 amide bonds. The summed E-state index contributed by atoms with van der Waals surface area (Å²) in [6.07, 6.45) is 0. The quantitative estimate of drug-likeness (QED) is 0.553. The van der Waals surface area contributed by atoms with Crippen molar-refractivity contribution in [2.75, 3.05) is 48.9 Å². The normalized spacial score (nSPS) is 13.8. The van der Waals surface area contributed by atoms with Gasteiger partial charge in [-0.15, -0.1) is 11.8 Å². The number of anilines is 2. The predicted molar refractivity (Wildman–Crippen MR) is 116 cm³/mol. The molecule has 29 heavy (non-hydrogen) atoms. The van der Waals surface area contributed by atoms with E-state index >= 15 is 0 Å². The lowest BCUT2D eigenvalue weighted by atomic mass is 10.2. The number of morpholine rings is 1. The van der Waals surface area contributed by atoms with Crippen molar-refractivity contribution in [2.24, 2.45) is 0 Å². The summed E-state index contributed by atoms with van der Waals surface area (Å²) in [6.45, 7) is 6.91. The van der Waals surface area contributed by atoms with Crippen LogP contribution in [0.1, 0.15) is 11.1 Å². The van der Waals surface area contributed by atoms with E-state index in [1.165, 1.54) is 11.8 Å². The Bertz CT molecular complexity index is 848. The molecule has 0 aromatic heterocycles. The first-order chi connectivity index (χ1) is 14.0. The summed E-state index contributed by atoms with van der Waals surface area (Å²) in [5, 5.41) is 2.75. The van der Waals surface area contributed by atoms with E-state index in [-0.39, 0.29) is 18.3 Å². The van der Waals surface area contributed by atoms with Gasteiger partial charge in [-0.25, -0.2) is 0 Å². The van der Waals surface area contributed by atoms with Crippen LogP contribution in [0.25, 0.3) is 0 Å². The molecule has 2 aromatic carbocycles. The smallest absolute Gasteiger partial charge is 0.316 e. The van der Waals surface area contributed by atoms with Gasteiger partial charge in [0.1, 0.15) is 0 Å². The highest BCUT2D eigenvalue weighted by Gasteiger charge is 2.12. The summed E-state index contributed by atoms with van der Waals surface area (Å²) < 4.78 is 10.4. The molecular weight excluding hydrogens is 388 g/mol. The zero-order valence-electron chi connectivity index (χ0n) is 16.8. The number of esters is 1. The van der Waals surface area contributed by atoms with Crippen molar-refractivity contribution in [1.82, 2.24) is 0 Å². The third-order valence-electron chi connectivity index (χ3n) is 4.58. The Morgan fingerprint density at radius 2 is 1.83 bits per heavy atom. The molecule has 0 aliphatic carbocycles. The Morgan fingerprint density at radius 1 is 1.10 bits per heavy atom. The van der Waals surface area contributed by atoms with E-state index < -0.39 is 5.97 Å². The monoisotopic (exact) mass is 414 g/mol. The number of carbonyl (C=O) groups excluding carboxylic acids is 2. The van der Waals surface area contributed by atoms with Crippen molar-refractivity contribution in [3.8, 4) is 0 Å². The second-order valence-corrected chi connectivity index (χ2v) is 7.93. The molecule has 2 aromatic rings. The summed E-state index contributed by atoms with van der Waals surface area (Å²) in [5.74, 6) is -0.589. The number of thioether (sulfide) groups is 1. The number of hydrogen-bond donors (Lipinski definition) is 1. The molecule has 154 valence electrons. The van der Waals surface area contributed by atoms with E-state index in [4.69, 9.17) is 9.47 Å². The van der Waals surface area contributed by atoms with Gasteiger partial charge in [-0.05, 0) is 49.7 Å². The Balaban J connectivity index is 1.41. The van der Waals surface area contributed by atoms with Crippen LogP contribution in [-0.2, 0) is 19.1 Å². The third-order valence-corrected chi connectivity index (χ3v) is 5.71. The zero-order valence-corrected chi connectivity index (χ0v) is 17.6. The number of benzene rings is 2. The first kappa shape index (κ1) is 21.2. The van der Waals surface area contributed by atoms with Crippen molar-refractivity contribution >= 4 is 35.0 Å². The molecule has 1 N–H and O–H groups in total. The average molecular weight is 415 g/mol. The lowest BCUT2D eigenvalue weighted by molar-refractivity contribution is -0.144. The number of nitrogens with one attached hydrogen (secondary N) is 1. The van der Waals surface area contributed by atoms with Gasteiger partial charge in [0.2, 0.25) is 0 Å². The van der Waals surface area contributed by atoms with Gasteiger partial charge in [-0.2, -0.15) is 0 Å². The number of aryl methyl sites for hydroxylation is 2. The van der Waals surface area contributed by atoms with Gasteiger partial charge in [0.05, 0.1) is 19.0 Å². The molecule has 1 aliphatic heterocycles. The van der Waals surface area contributed by atoms with Gasteiger partial charge in [0.25, 0.3) is 5.91 Å². The van der Waals surface area contributed by atoms with Crippen LogP contribution in [0.2, 0.25) is 0 Å². The standard InChI is InChI=1S/C22H26N2O4S/c1-16-3-4-17(2)20(13-16)29-15-22(26)28-14-21(25)23-18-5-7-19(8-6-18)24-9-11-27-12-10-24/h3-8,13H,9-12,14-15H2,1-2H3,(H,23,25). The van der Waals surface area contributed by atoms with Gasteiger partial charge in [-0.1, -0.05) is 17.7 Å². The molecule has 3 rings (SSSR count). The lowest BCUT2D eigenvalue weighted by Gasteiger charge is -2.28. The minimum absolute atomic E-state index is 0.172. The molecule has 0 atom stereocenters. The van der Waals surface area contributed by atoms with Crippen molar-refractivity contribution in [3.63, 3.8) is 0 Å². The molecular formula is C22H26N2O4S. The van der Waals surface area contributed by atoms with Crippen LogP contribution in [0, 0.1) is 13.8 Å². The molecule has 0 spiro atoms. The zero-order chi connectivity index (χ0) is 20.6. The van der Waals surface area contributed by atoms with Crippen LogP contribution in [0.5, 0.6) is 0 Å². The Hall–Kier alpha value is -2.51. The van der Waals surface area contributed by atoms with Crippen LogP contribution in [-0.4, -0.2) is 50.5 Å². The SMILES string of the molecule is Cc1ccc(C)c(SCC(=O)OCC(=O)Nc2ccc(N3CCOCC3)cc2)c1. The summed E-state index contributed by atoms with van der Waals surface area (Å²) in [6, 6.07) is 13.7. The molecule has 0 bridgehead atoms. The van der Waals surface area contributed by atoms with Crippen molar-refractivity contribution in [2.45, 2.75) is 18.7 Å². The topological polar surface area (TPSA) is 67.9 Å². The van der Waals surface area contributed by atoms with E-state index in [9.17, 15) is 9.59 Å². The summed E-state index contributed by atoms with van der Waals surface area (Å²) in [7, 11) is 0. The maximum Gasteiger partial charge on any atom is 0.316 e. The first-order valence-electron chi connectivity index (χ1n) is 9.59. The molecule has 0 saturated carbocycles. The van der Waals surface area contributed by atoms with E-state index in [2.05, 4.69) is 10.2 Å². The average Bonchev–Trinajstić information content (AvgIpc) is 2.74. The Labute approximate surface area is 175 Å². The maximum absolute atomic E-state index is 12.1. The maximum atomic E-state index is 12.1. The highest BCUT2D eigenvalue weighted by Crippen LogP contribution is 2.23. The van der Waals surface area contributed by atoms with E-state index in [0.29, 0.717) is 5.69 Å². The molecule has 1 fully saturated rings. The molecule has 1 saturated heterocycles. The van der Waals surface area contributed by atoms with Gasteiger partial charge >= 0.3 is 5.97 Å². The van der Waals surface area contributed by atoms with Crippen molar-refractivity contribution in [3.05, 3.63) is 53.6 Å². The fourth-order valence-electron chi connectivity index (χ4n) is 2.96. The summed E-state index contributed by atoms with van der Waals surface area (Å²) in [4.78, 5) is 27.3. The minimum Gasteiger partial charge on any atom is -0.455 e. The Kier molecular flexibility index (Phi) is 7.55. The van der Waals surface area contributed by atoms with E-state index in [1.807, 2.05) is 56.3 Å². The summed E-state index contributed by atoms with van der Waals surface area (Å²) >= 11 is 1.42. The van der Waals surface area contributed by atoms with Crippen molar-refractivity contribution < 1.29 is 19.1 Å². The minimum atomic E-state index is -0.409. The number of ether oxygens (including phenoxy) is 2. The molecule has 1 aliphatic rings. The third kappa shape index (κ3) is 6.51. The number of carbonyl (C=O) groups is 2. The van der Waals surface area contributed by atoms with E-state index in [0.717, 1.165) is 48.0 Å². The van der Waals surface area contributed by atoms with Gasteiger partial charge < -0.3 is 19.7 Å². The highest BCUT2D eigenvalue weighted by molar-refractivity contribution is 8.00. The van der Waals surface area contributed by atoms with Crippen LogP contribution < -0.4 is 10.2 Å². The fraction of sp³-hybridized carbons (Fsp3) is 0.364. The Morgan fingerprint density at radius 3 is 2.55 bits per heavy atom. The molecule has 0 radical (unpaired) electrons. The molecule has 0 unspecified atom stereocenters. The first-order valence-corrected chi connectivity index (χ1v) is 10.6. The van der Waals surface area contributed by atoms with Gasteiger partial charge in [0.15, 0.2) is 6.61 Å². The second-order valence-electron chi connectivity index (χ2n) is 6.91. The molecule has 7 heteroatoms. The molecule has 6 nitrogen and oxygen atoms in total. The van der Waals surface area contributed by atoms with Gasteiger partial charge in [-0.3, -0.25) is 9.59 Å². The number of nitrogens with zero attached hydrogens (tertiary/aromatic N) is 1. The summed E-state index contributed by atoms with van der Waals surface area (Å²) in [5.41, 5.74) is 4.03. The fourth-order valence-corrected chi connectivity index (χ4v) is 3.88. The second kappa shape index (κ2) is 10.3. The van der Waals surface area contributed by atoms with Crippen LogP contribution in [0.15, 0.2) is 47.4 Å². The molecule has 1 heterocycles. The lowest BCUT2D eigenvalue weighted by Crippen LogP contribution is -2.36. The number of hydrogen-bond acceptors (Lipinski definition) is 6. The van der Waals surface area contributed by atoms with E-state index in [1.54, 1.807) is 0 Å².